The van der Waals surface area contributed by atoms with Crippen LogP contribution in [0.3, 0.4) is 0 Å². The molecule has 0 aliphatic rings. The molecule has 0 saturated carbocycles. The van der Waals surface area contributed by atoms with Crippen molar-refractivity contribution in [3.05, 3.63) is 40.9 Å². The van der Waals surface area contributed by atoms with Crippen LogP contribution in [0.4, 0.5) is 5.69 Å². The highest BCUT2D eigenvalue weighted by Gasteiger charge is 2.05. The summed E-state index contributed by atoms with van der Waals surface area (Å²) in [5.74, 6) is 0.845. The summed E-state index contributed by atoms with van der Waals surface area (Å²) >= 11 is 6.07. The third-order valence-electron chi connectivity index (χ3n) is 2.57. The molecule has 1 heterocycles. The molecule has 0 fully saturated rings. The van der Waals surface area contributed by atoms with Crippen LogP contribution >= 0.6 is 11.6 Å². The Morgan fingerprint density at radius 2 is 2.33 bits per heavy atom. The summed E-state index contributed by atoms with van der Waals surface area (Å²) in [5.41, 5.74) is 1.32. The average molecular weight is 262 g/mol. The van der Waals surface area contributed by atoms with E-state index in [9.17, 15) is 0 Å². The molecular weight excluding hydrogens is 250 g/mol. The summed E-state index contributed by atoms with van der Waals surface area (Å²) in [6.45, 7) is 3.39. The Labute approximate surface area is 110 Å². The monoisotopic (exact) mass is 261 g/mol. The van der Waals surface area contributed by atoms with Gasteiger partial charge < -0.3 is 9.88 Å². The van der Waals surface area contributed by atoms with Gasteiger partial charge in [-0.05, 0) is 25.1 Å². The zero-order valence-electron chi connectivity index (χ0n) is 9.89. The Morgan fingerprint density at radius 3 is 3.00 bits per heavy atom. The third-order valence-corrected chi connectivity index (χ3v) is 2.88. The van der Waals surface area contributed by atoms with Gasteiger partial charge in [-0.1, -0.05) is 11.6 Å². The minimum Gasteiger partial charge on any atom is -0.377 e. The van der Waals surface area contributed by atoms with E-state index in [1.54, 1.807) is 24.5 Å². The van der Waals surface area contributed by atoms with Gasteiger partial charge in [-0.15, -0.1) is 10.2 Å². The first kappa shape index (κ1) is 12.4. The van der Waals surface area contributed by atoms with Crippen molar-refractivity contribution in [1.29, 1.82) is 5.26 Å². The van der Waals surface area contributed by atoms with E-state index < -0.39 is 0 Å². The lowest BCUT2D eigenvalue weighted by Crippen LogP contribution is -2.07. The Kier molecular flexibility index (Phi) is 3.80. The van der Waals surface area contributed by atoms with Crippen molar-refractivity contribution in [3.63, 3.8) is 0 Å². The molecule has 0 aliphatic heterocycles. The van der Waals surface area contributed by atoms with Gasteiger partial charge in [-0.2, -0.15) is 5.26 Å². The first-order valence-electron chi connectivity index (χ1n) is 5.54. The highest BCUT2D eigenvalue weighted by atomic mass is 35.5. The van der Waals surface area contributed by atoms with Gasteiger partial charge >= 0.3 is 0 Å². The van der Waals surface area contributed by atoms with Gasteiger partial charge in [0.05, 0.1) is 28.9 Å². The smallest absolute Gasteiger partial charge is 0.152 e. The topological polar surface area (TPSA) is 66.5 Å². The van der Waals surface area contributed by atoms with Crippen LogP contribution in [-0.4, -0.2) is 14.8 Å². The third kappa shape index (κ3) is 2.60. The van der Waals surface area contributed by atoms with Gasteiger partial charge in [0, 0.05) is 6.54 Å². The summed E-state index contributed by atoms with van der Waals surface area (Å²) in [4.78, 5) is 0. The maximum Gasteiger partial charge on any atom is 0.152 e. The summed E-state index contributed by atoms with van der Waals surface area (Å²) in [7, 11) is 0. The summed E-state index contributed by atoms with van der Waals surface area (Å²) in [5, 5.41) is 20.3. The first-order chi connectivity index (χ1) is 8.74. The predicted octanol–water partition coefficient (Wildman–Crippen LogP) is 2.44. The van der Waals surface area contributed by atoms with E-state index in [-0.39, 0.29) is 0 Å². The number of nitriles is 1. The molecule has 0 amide bonds. The Balaban J connectivity index is 2.09. The number of hydrogen-bond acceptors (Lipinski definition) is 4. The van der Waals surface area contributed by atoms with E-state index >= 15 is 0 Å². The number of anilines is 1. The summed E-state index contributed by atoms with van der Waals surface area (Å²) < 4.78 is 1.95. The van der Waals surface area contributed by atoms with Crippen LogP contribution in [0.1, 0.15) is 18.3 Å². The minimum atomic E-state index is 0.525. The second-order valence-electron chi connectivity index (χ2n) is 3.69. The SMILES string of the molecule is CCn1cnnc1CNc1ccc(C#N)cc1Cl. The molecule has 2 aromatic rings. The van der Waals surface area contributed by atoms with Crippen LogP contribution in [0.5, 0.6) is 0 Å². The molecule has 0 bridgehead atoms. The summed E-state index contributed by atoms with van der Waals surface area (Å²) in [6, 6.07) is 7.18. The Morgan fingerprint density at radius 1 is 1.50 bits per heavy atom. The van der Waals surface area contributed by atoms with E-state index in [4.69, 9.17) is 16.9 Å². The van der Waals surface area contributed by atoms with Crippen molar-refractivity contribution in [2.24, 2.45) is 0 Å². The van der Waals surface area contributed by atoms with Crippen molar-refractivity contribution in [1.82, 2.24) is 14.8 Å². The number of hydrogen-bond donors (Lipinski definition) is 1. The van der Waals surface area contributed by atoms with Gasteiger partial charge in [-0.25, -0.2) is 0 Å². The summed E-state index contributed by atoms with van der Waals surface area (Å²) in [6.07, 6.45) is 1.69. The fourth-order valence-electron chi connectivity index (χ4n) is 1.58. The molecule has 1 N–H and O–H groups in total. The first-order valence-corrected chi connectivity index (χ1v) is 5.92. The highest BCUT2D eigenvalue weighted by Crippen LogP contribution is 2.23. The van der Waals surface area contributed by atoms with Crippen molar-refractivity contribution >= 4 is 17.3 Å². The zero-order chi connectivity index (χ0) is 13.0. The van der Waals surface area contributed by atoms with Gasteiger partial charge in [0.15, 0.2) is 5.82 Å². The highest BCUT2D eigenvalue weighted by molar-refractivity contribution is 6.33. The lowest BCUT2D eigenvalue weighted by atomic mass is 10.2. The molecule has 0 saturated heterocycles. The normalized spacial score (nSPS) is 10.1. The van der Waals surface area contributed by atoms with Gasteiger partial charge in [0.2, 0.25) is 0 Å². The van der Waals surface area contributed by atoms with Crippen LogP contribution < -0.4 is 5.32 Å². The zero-order valence-corrected chi connectivity index (χ0v) is 10.6. The molecule has 6 heteroatoms. The predicted molar refractivity (Wildman–Crippen MR) is 69.2 cm³/mol. The molecule has 5 nitrogen and oxygen atoms in total. The number of benzene rings is 1. The molecule has 0 atom stereocenters. The number of aryl methyl sites for hydroxylation is 1. The van der Waals surface area contributed by atoms with Gasteiger partial charge in [0.25, 0.3) is 0 Å². The van der Waals surface area contributed by atoms with Gasteiger partial charge in [-0.3, -0.25) is 0 Å². The van der Waals surface area contributed by atoms with Gasteiger partial charge in [0.1, 0.15) is 6.33 Å². The molecule has 1 aromatic heterocycles. The number of nitrogens with zero attached hydrogens (tertiary/aromatic N) is 4. The van der Waals surface area contributed by atoms with Crippen LogP contribution in [0.25, 0.3) is 0 Å². The molecule has 0 spiro atoms. The van der Waals surface area contributed by atoms with E-state index in [1.807, 2.05) is 17.6 Å². The molecule has 0 radical (unpaired) electrons. The Bertz CT molecular complexity index is 584. The fourth-order valence-corrected chi connectivity index (χ4v) is 1.83. The molecule has 92 valence electrons. The fraction of sp³-hybridized carbons (Fsp3) is 0.250. The van der Waals surface area contributed by atoms with Crippen LogP contribution in [0.15, 0.2) is 24.5 Å². The second kappa shape index (κ2) is 5.52. The van der Waals surface area contributed by atoms with E-state index in [0.717, 1.165) is 18.1 Å². The number of halogens is 1. The molecule has 2 rings (SSSR count). The number of rotatable bonds is 4. The lowest BCUT2D eigenvalue weighted by Gasteiger charge is -2.08. The maximum absolute atomic E-state index is 8.75. The van der Waals surface area contributed by atoms with E-state index in [0.29, 0.717) is 17.1 Å². The second-order valence-corrected chi connectivity index (χ2v) is 4.10. The van der Waals surface area contributed by atoms with Crippen molar-refractivity contribution < 1.29 is 0 Å². The quantitative estimate of drug-likeness (QED) is 0.918. The standard InChI is InChI=1S/C12H12ClN5/c1-2-18-8-16-17-12(18)7-15-11-4-3-9(6-14)5-10(11)13/h3-5,8,15H,2,7H2,1H3. The van der Waals surface area contributed by atoms with Crippen molar-refractivity contribution in [2.75, 3.05) is 5.32 Å². The minimum absolute atomic E-state index is 0.525. The largest absolute Gasteiger partial charge is 0.377 e. The number of aromatic nitrogens is 3. The van der Waals surface area contributed by atoms with Crippen LogP contribution in [0.2, 0.25) is 5.02 Å². The number of nitrogens with one attached hydrogen (secondary N) is 1. The van der Waals surface area contributed by atoms with Crippen LogP contribution in [-0.2, 0) is 13.1 Å². The van der Waals surface area contributed by atoms with Crippen molar-refractivity contribution in [2.45, 2.75) is 20.0 Å². The lowest BCUT2D eigenvalue weighted by molar-refractivity contribution is 0.708. The molecule has 0 aliphatic carbocycles. The maximum atomic E-state index is 8.75. The molecule has 1 aromatic carbocycles. The average Bonchev–Trinajstić information content (AvgIpc) is 2.84. The molecule has 18 heavy (non-hydrogen) atoms. The van der Waals surface area contributed by atoms with Crippen molar-refractivity contribution in [3.8, 4) is 6.07 Å². The van der Waals surface area contributed by atoms with E-state index in [2.05, 4.69) is 15.5 Å². The molecular formula is C12H12ClN5. The molecule has 0 unspecified atom stereocenters. The van der Waals surface area contributed by atoms with Crippen LogP contribution in [0, 0.1) is 11.3 Å². The Hall–Kier alpha value is -2.06. The van der Waals surface area contributed by atoms with E-state index in [1.165, 1.54) is 0 Å².